The van der Waals surface area contributed by atoms with Crippen molar-refractivity contribution in [2.75, 3.05) is 20.1 Å². The van der Waals surface area contributed by atoms with Crippen LogP contribution in [0.15, 0.2) is 12.2 Å². The molecule has 3 heteroatoms. The lowest BCUT2D eigenvalue weighted by atomic mass is 10.2. The van der Waals surface area contributed by atoms with Gasteiger partial charge < -0.3 is 10.2 Å². The Labute approximate surface area is 73.4 Å². The van der Waals surface area contributed by atoms with Crippen molar-refractivity contribution in [3.63, 3.8) is 0 Å². The van der Waals surface area contributed by atoms with Crippen LogP contribution in [0.1, 0.15) is 13.3 Å². The molecule has 1 aliphatic heterocycles. The number of likely N-dealkylation sites (N-methyl/N-ethyl adjacent to an activating group) is 1. The fourth-order valence-corrected chi connectivity index (χ4v) is 1.31. The van der Waals surface area contributed by atoms with Gasteiger partial charge in [-0.05, 0) is 13.3 Å². The number of carbonyl (C=O) groups excluding carboxylic acids is 1. The molecule has 1 saturated heterocycles. The van der Waals surface area contributed by atoms with Gasteiger partial charge in [-0.1, -0.05) is 12.2 Å². The standard InChI is InChI=1S/C9H16N2O/c1-7(2)6-10-8-4-5-11(3)9(8)12/h8,10H,1,4-6H2,2-3H3. The van der Waals surface area contributed by atoms with Gasteiger partial charge in [0.15, 0.2) is 0 Å². The second-order valence-electron chi connectivity index (χ2n) is 3.44. The van der Waals surface area contributed by atoms with Crippen molar-refractivity contribution < 1.29 is 4.79 Å². The maximum absolute atomic E-state index is 11.4. The molecule has 0 aromatic rings. The number of carbonyl (C=O) groups is 1. The van der Waals surface area contributed by atoms with Gasteiger partial charge in [0, 0.05) is 20.1 Å². The summed E-state index contributed by atoms with van der Waals surface area (Å²) in [4.78, 5) is 13.1. The topological polar surface area (TPSA) is 32.3 Å². The van der Waals surface area contributed by atoms with Crippen LogP contribution in [-0.2, 0) is 4.79 Å². The molecule has 1 unspecified atom stereocenters. The van der Waals surface area contributed by atoms with Crippen LogP contribution in [-0.4, -0.2) is 37.0 Å². The van der Waals surface area contributed by atoms with Crippen LogP contribution in [0.25, 0.3) is 0 Å². The highest BCUT2D eigenvalue weighted by molar-refractivity contribution is 5.83. The molecule has 12 heavy (non-hydrogen) atoms. The molecule has 1 aliphatic rings. The van der Waals surface area contributed by atoms with E-state index in [1.54, 1.807) is 4.90 Å². The first kappa shape index (κ1) is 9.26. The molecule has 1 rings (SSSR count). The Kier molecular flexibility index (Phi) is 2.87. The van der Waals surface area contributed by atoms with Crippen LogP contribution in [0.2, 0.25) is 0 Å². The Bertz CT molecular complexity index is 201. The van der Waals surface area contributed by atoms with E-state index in [-0.39, 0.29) is 11.9 Å². The SMILES string of the molecule is C=C(C)CNC1CCN(C)C1=O. The Morgan fingerprint density at radius 2 is 2.50 bits per heavy atom. The summed E-state index contributed by atoms with van der Waals surface area (Å²) in [6.07, 6.45) is 0.919. The van der Waals surface area contributed by atoms with Crippen LogP contribution < -0.4 is 5.32 Å². The van der Waals surface area contributed by atoms with Gasteiger partial charge in [0.1, 0.15) is 0 Å². The molecule has 1 heterocycles. The average Bonchev–Trinajstić information content (AvgIpc) is 2.30. The highest BCUT2D eigenvalue weighted by Crippen LogP contribution is 2.08. The zero-order chi connectivity index (χ0) is 9.14. The number of hydrogen-bond acceptors (Lipinski definition) is 2. The van der Waals surface area contributed by atoms with Gasteiger partial charge in [0.05, 0.1) is 6.04 Å². The monoisotopic (exact) mass is 168 g/mol. The largest absolute Gasteiger partial charge is 0.344 e. The lowest BCUT2D eigenvalue weighted by Gasteiger charge is -2.11. The van der Waals surface area contributed by atoms with Crippen molar-refractivity contribution >= 4 is 5.91 Å². The first-order valence-electron chi connectivity index (χ1n) is 4.24. The number of nitrogens with one attached hydrogen (secondary N) is 1. The fourth-order valence-electron chi connectivity index (χ4n) is 1.31. The first-order chi connectivity index (χ1) is 5.61. The molecule has 0 aliphatic carbocycles. The fraction of sp³-hybridized carbons (Fsp3) is 0.667. The minimum Gasteiger partial charge on any atom is -0.344 e. The van der Waals surface area contributed by atoms with Crippen molar-refractivity contribution in [3.8, 4) is 0 Å². The first-order valence-corrected chi connectivity index (χ1v) is 4.24. The molecule has 0 saturated carbocycles. The summed E-state index contributed by atoms with van der Waals surface area (Å²) < 4.78 is 0. The van der Waals surface area contributed by atoms with Gasteiger partial charge in [-0.2, -0.15) is 0 Å². The molecule has 68 valence electrons. The van der Waals surface area contributed by atoms with E-state index in [1.165, 1.54) is 0 Å². The van der Waals surface area contributed by atoms with Crippen LogP contribution in [0.5, 0.6) is 0 Å². The minimum atomic E-state index is 0.0201. The average molecular weight is 168 g/mol. The molecule has 1 atom stereocenters. The Hall–Kier alpha value is -0.830. The summed E-state index contributed by atoms with van der Waals surface area (Å²) in [7, 11) is 1.84. The third-order valence-electron chi connectivity index (χ3n) is 2.08. The number of likely N-dealkylation sites (tertiary alicyclic amines) is 1. The van der Waals surface area contributed by atoms with Crippen molar-refractivity contribution in [2.24, 2.45) is 0 Å². The van der Waals surface area contributed by atoms with E-state index < -0.39 is 0 Å². The van der Waals surface area contributed by atoms with E-state index in [4.69, 9.17) is 0 Å². The van der Waals surface area contributed by atoms with Crippen LogP contribution in [0, 0.1) is 0 Å². The van der Waals surface area contributed by atoms with Gasteiger partial charge >= 0.3 is 0 Å². The molecule has 1 N–H and O–H groups in total. The molecular formula is C9H16N2O. The lowest BCUT2D eigenvalue weighted by Crippen LogP contribution is -2.37. The molecule has 0 spiro atoms. The number of hydrogen-bond donors (Lipinski definition) is 1. The van der Waals surface area contributed by atoms with Crippen LogP contribution in [0.4, 0.5) is 0 Å². The Morgan fingerprint density at radius 1 is 1.83 bits per heavy atom. The second kappa shape index (κ2) is 3.72. The van der Waals surface area contributed by atoms with Gasteiger partial charge in [0.2, 0.25) is 5.91 Å². The van der Waals surface area contributed by atoms with Crippen molar-refractivity contribution in [1.29, 1.82) is 0 Å². The normalized spacial score (nSPS) is 23.3. The van der Waals surface area contributed by atoms with Crippen molar-refractivity contribution in [1.82, 2.24) is 10.2 Å². The summed E-state index contributed by atoms with van der Waals surface area (Å²) in [6.45, 7) is 7.34. The van der Waals surface area contributed by atoms with Gasteiger partial charge in [-0.3, -0.25) is 4.79 Å². The van der Waals surface area contributed by atoms with Crippen molar-refractivity contribution in [2.45, 2.75) is 19.4 Å². The Morgan fingerprint density at radius 3 is 2.92 bits per heavy atom. The molecule has 0 radical (unpaired) electrons. The summed E-state index contributed by atoms with van der Waals surface area (Å²) in [5, 5.41) is 3.17. The third-order valence-corrected chi connectivity index (χ3v) is 2.08. The van der Waals surface area contributed by atoms with E-state index >= 15 is 0 Å². The highest BCUT2D eigenvalue weighted by Gasteiger charge is 2.27. The molecule has 1 fully saturated rings. The molecular weight excluding hydrogens is 152 g/mol. The summed E-state index contributed by atoms with van der Waals surface area (Å²) >= 11 is 0. The third kappa shape index (κ3) is 2.08. The molecule has 0 bridgehead atoms. The van der Waals surface area contributed by atoms with E-state index in [9.17, 15) is 4.79 Å². The predicted molar refractivity (Wildman–Crippen MR) is 48.9 cm³/mol. The van der Waals surface area contributed by atoms with Gasteiger partial charge in [0.25, 0.3) is 0 Å². The number of amides is 1. The Balaban J connectivity index is 2.34. The maximum Gasteiger partial charge on any atom is 0.239 e. The van der Waals surface area contributed by atoms with E-state index in [0.29, 0.717) is 0 Å². The lowest BCUT2D eigenvalue weighted by molar-refractivity contribution is -0.128. The zero-order valence-corrected chi connectivity index (χ0v) is 7.76. The molecule has 0 aromatic heterocycles. The van der Waals surface area contributed by atoms with E-state index in [0.717, 1.165) is 25.1 Å². The summed E-state index contributed by atoms with van der Waals surface area (Å²) in [5.41, 5.74) is 1.07. The predicted octanol–water partition coefficient (Wildman–Crippen LogP) is 0.383. The quantitative estimate of drug-likeness (QED) is 0.618. The zero-order valence-electron chi connectivity index (χ0n) is 7.76. The second-order valence-corrected chi connectivity index (χ2v) is 3.44. The number of rotatable bonds is 3. The van der Waals surface area contributed by atoms with Gasteiger partial charge in [-0.25, -0.2) is 0 Å². The maximum atomic E-state index is 11.4. The number of nitrogens with zero attached hydrogens (tertiary/aromatic N) is 1. The summed E-state index contributed by atoms with van der Waals surface area (Å²) in [6, 6.07) is 0.0201. The molecule has 0 aromatic carbocycles. The minimum absolute atomic E-state index is 0.0201. The molecule has 3 nitrogen and oxygen atoms in total. The van der Waals surface area contributed by atoms with E-state index in [1.807, 2.05) is 14.0 Å². The highest BCUT2D eigenvalue weighted by atomic mass is 16.2. The molecule has 1 amide bonds. The summed E-state index contributed by atoms with van der Waals surface area (Å²) in [5.74, 6) is 0.205. The van der Waals surface area contributed by atoms with Gasteiger partial charge in [-0.15, -0.1) is 0 Å². The van der Waals surface area contributed by atoms with Crippen LogP contribution in [0.3, 0.4) is 0 Å². The van der Waals surface area contributed by atoms with Crippen molar-refractivity contribution in [3.05, 3.63) is 12.2 Å². The van der Waals surface area contributed by atoms with E-state index in [2.05, 4.69) is 11.9 Å². The van der Waals surface area contributed by atoms with Crippen LogP contribution >= 0.6 is 0 Å². The smallest absolute Gasteiger partial charge is 0.239 e.